The third kappa shape index (κ3) is 7.45. The van der Waals surface area contributed by atoms with Crippen LogP contribution in [0.15, 0.2) is 49.1 Å². The third-order valence-electron chi connectivity index (χ3n) is 7.52. The van der Waals surface area contributed by atoms with Gasteiger partial charge in [-0.15, -0.1) is 6.58 Å². The van der Waals surface area contributed by atoms with Gasteiger partial charge in [0.2, 0.25) is 0 Å². The lowest BCUT2D eigenvalue weighted by molar-refractivity contribution is 0.144. The monoisotopic (exact) mass is 394 g/mol. The van der Waals surface area contributed by atoms with Crippen molar-refractivity contribution in [3.8, 4) is 0 Å². The molecule has 0 spiro atoms. The van der Waals surface area contributed by atoms with Crippen LogP contribution in [-0.2, 0) is 17.8 Å². The SMILES string of the molecule is C=CCOCc1ccc(CC[C@H]2CC[C@H]([C@H]3CC[C@H](CC=CC)CC3)CC2)cc1. The van der Waals surface area contributed by atoms with Gasteiger partial charge < -0.3 is 4.74 Å². The van der Waals surface area contributed by atoms with Crippen LogP contribution in [0.5, 0.6) is 0 Å². The van der Waals surface area contributed by atoms with Gasteiger partial charge >= 0.3 is 0 Å². The number of benzene rings is 1. The first-order chi connectivity index (χ1) is 14.3. The van der Waals surface area contributed by atoms with E-state index in [2.05, 4.69) is 49.9 Å². The van der Waals surface area contributed by atoms with E-state index in [1.165, 1.54) is 81.8 Å². The average molecular weight is 395 g/mol. The molecule has 0 heterocycles. The highest BCUT2D eigenvalue weighted by atomic mass is 16.5. The zero-order valence-electron chi connectivity index (χ0n) is 18.7. The summed E-state index contributed by atoms with van der Waals surface area (Å²) in [5.74, 6) is 3.99. The van der Waals surface area contributed by atoms with Gasteiger partial charge in [-0.3, -0.25) is 0 Å². The molecule has 0 atom stereocenters. The fourth-order valence-corrected chi connectivity index (χ4v) is 5.61. The van der Waals surface area contributed by atoms with Crippen molar-refractivity contribution >= 4 is 0 Å². The summed E-state index contributed by atoms with van der Waals surface area (Å²) in [7, 11) is 0. The molecule has 0 aromatic heterocycles. The summed E-state index contributed by atoms with van der Waals surface area (Å²) in [6.07, 6.45) is 22.2. The molecule has 2 fully saturated rings. The second kappa shape index (κ2) is 12.4. The number of hydrogen-bond acceptors (Lipinski definition) is 1. The van der Waals surface area contributed by atoms with Gasteiger partial charge in [-0.25, -0.2) is 0 Å². The van der Waals surface area contributed by atoms with Crippen molar-refractivity contribution in [2.24, 2.45) is 23.7 Å². The quantitative estimate of drug-likeness (QED) is 0.289. The predicted octanol–water partition coefficient (Wildman–Crippen LogP) is 7.90. The van der Waals surface area contributed by atoms with Crippen LogP contribution >= 0.6 is 0 Å². The zero-order chi connectivity index (χ0) is 20.3. The molecule has 0 N–H and O–H groups in total. The molecular formula is C28H42O. The minimum atomic E-state index is 0.627. The maximum atomic E-state index is 5.53. The van der Waals surface area contributed by atoms with E-state index in [1.54, 1.807) is 6.08 Å². The standard InChI is InChI=1S/C28H42O/c1-3-5-6-23-13-17-27(18-14-23)28-19-15-25(16-20-28)8-7-24-9-11-26(12-10-24)22-29-21-4-2/h3-5,9-12,23,25,27-28H,2,6-8,13-22H2,1H3/t23-,25-,27-,28-. The van der Waals surface area contributed by atoms with Crippen LogP contribution in [0.25, 0.3) is 0 Å². The number of ether oxygens (including phenoxy) is 1. The van der Waals surface area contributed by atoms with E-state index in [4.69, 9.17) is 4.74 Å². The zero-order valence-corrected chi connectivity index (χ0v) is 18.7. The van der Waals surface area contributed by atoms with Crippen molar-refractivity contribution < 1.29 is 4.74 Å². The van der Waals surface area contributed by atoms with E-state index in [0.29, 0.717) is 13.2 Å². The summed E-state index contributed by atoms with van der Waals surface area (Å²) < 4.78 is 5.53. The van der Waals surface area contributed by atoms with Crippen LogP contribution in [0, 0.1) is 23.7 Å². The first-order valence-corrected chi connectivity index (χ1v) is 12.2. The smallest absolute Gasteiger partial charge is 0.0721 e. The first kappa shape index (κ1) is 22.3. The van der Waals surface area contributed by atoms with E-state index < -0.39 is 0 Å². The Morgan fingerprint density at radius 3 is 2.03 bits per heavy atom. The Morgan fingerprint density at radius 2 is 1.45 bits per heavy atom. The molecule has 29 heavy (non-hydrogen) atoms. The summed E-state index contributed by atoms with van der Waals surface area (Å²) in [5.41, 5.74) is 2.75. The predicted molar refractivity (Wildman–Crippen MR) is 125 cm³/mol. The minimum absolute atomic E-state index is 0.627. The van der Waals surface area contributed by atoms with Crippen LogP contribution in [0.2, 0.25) is 0 Å². The highest BCUT2D eigenvalue weighted by molar-refractivity contribution is 5.22. The summed E-state index contributed by atoms with van der Waals surface area (Å²) >= 11 is 0. The van der Waals surface area contributed by atoms with Gasteiger partial charge in [0.15, 0.2) is 0 Å². The van der Waals surface area contributed by atoms with Crippen LogP contribution in [-0.4, -0.2) is 6.61 Å². The number of aryl methyl sites for hydroxylation is 1. The Labute approximate surface area is 179 Å². The molecule has 0 aliphatic heterocycles. The lowest BCUT2D eigenvalue weighted by Gasteiger charge is -2.37. The van der Waals surface area contributed by atoms with Gasteiger partial charge in [-0.1, -0.05) is 55.3 Å². The molecule has 160 valence electrons. The largest absolute Gasteiger partial charge is 0.373 e. The molecule has 0 saturated heterocycles. The number of allylic oxidation sites excluding steroid dienone is 2. The lowest BCUT2D eigenvalue weighted by Crippen LogP contribution is -2.26. The number of rotatable bonds is 10. The summed E-state index contributed by atoms with van der Waals surface area (Å²) in [4.78, 5) is 0. The van der Waals surface area contributed by atoms with E-state index >= 15 is 0 Å². The van der Waals surface area contributed by atoms with Crippen LogP contribution in [0.3, 0.4) is 0 Å². The Hall–Kier alpha value is -1.34. The molecule has 0 amide bonds. The van der Waals surface area contributed by atoms with Crippen molar-refractivity contribution in [2.45, 2.75) is 84.2 Å². The van der Waals surface area contributed by atoms with E-state index in [9.17, 15) is 0 Å². The Balaban J connectivity index is 1.32. The molecule has 3 rings (SSSR count). The lowest BCUT2D eigenvalue weighted by atomic mass is 9.68. The molecule has 1 aromatic carbocycles. The van der Waals surface area contributed by atoms with E-state index in [0.717, 1.165) is 23.7 Å². The Morgan fingerprint density at radius 1 is 0.862 bits per heavy atom. The van der Waals surface area contributed by atoms with E-state index in [-0.39, 0.29) is 0 Å². The van der Waals surface area contributed by atoms with Gasteiger partial charge in [0.1, 0.15) is 0 Å². The molecular weight excluding hydrogens is 352 g/mol. The number of hydrogen-bond donors (Lipinski definition) is 0. The van der Waals surface area contributed by atoms with Crippen molar-refractivity contribution in [2.75, 3.05) is 6.61 Å². The molecule has 2 aliphatic rings. The van der Waals surface area contributed by atoms with Crippen molar-refractivity contribution in [3.63, 3.8) is 0 Å². The highest BCUT2D eigenvalue weighted by Gasteiger charge is 2.30. The third-order valence-corrected chi connectivity index (χ3v) is 7.52. The van der Waals surface area contributed by atoms with Crippen LogP contribution in [0.4, 0.5) is 0 Å². The normalized spacial score (nSPS) is 27.9. The first-order valence-electron chi connectivity index (χ1n) is 12.2. The van der Waals surface area contributed by atoms with Gasteiger partial charge in [-0.05, 0) is 99.5 Å². The molecule has 0 bridgehead atoms. The van der Waals surface area contributed by atoms with Gasteiger partial charge in [0.25, 0.3) is 0 Å². The fourth-order valence-electron chi connectivity index (χ4n) is 5.61. The Bertz CT molecular complexity index is 598. The molecule has 1 nitrogen and oxygen atoms in total. The highest BCUT2D eigenvalue weighted by Crippen LogP contribution is 2.42. The fraction of sp³-hybridized carbons (Fsp3) is 0.643. The topological polar surface area (TPSA) is 9.23 Å². The summed E-state index contributed by atoms with van der Waals surface area (Å²) in [5, 5.41) is 0. The minimum Gasteiger partial charge on any atom is -0.373 e. The van der Waals surface area contributed by atoms with Crippen LogP contribution < -0.4 is 0 Å². The van der Waals surface area contributed by atoms with Crippen LogP contribution in [0.1, 0.15) is 82.3 Å². The Kier molecular flexibility index (Phi) is 9.54. The molecule has 2 saturated carbocycles. The molecule has 0 unspecified atom stereocenters. The second-order valence-electron chi connectivity index (χ2n) is 9.53. The van der Waals surface area contributed by atoms with Crippen molar-refractivity contribution in [1.82, 2.24) is 0 Å². The molecule has 1 aromatic rings. The second-order valence-corrected chi connectivity index (χ2v) is 9.53. The van der Waals surface area contributed by atoms with Crippen molar-refractivity contribution in [1.29, 1.82) is 0 Å². The maximum absolute atomic E-state index is 5.53. The van der Waals surface area contributed by atoms with Gasteiger partial charge in [-0.2, -0.15) is 0 Å². The average Bonchev–Trinajstić information content (AvgIpc) is 2.78. The van der Waals surface area contributed by atoms with Gasteiger partial charge in [0.05, 0.1) is 13.2 Å². The summed E-state index contributed by atoms with van der Waals surface area (Å²) in [6, 6.07) is 9.04. The maximum Gasteiger partial charge on any atom is 0.0721 e. The van der Waals surface area contributed by atoms with Crippen molar-refractivity contribution in [3.05, 3.63) is 60.2 Å². The molecule has 2 aliphatic carbocycles. The summed E-state index contributed by atoms with van der Waals surface area (Å²) in [6.45, 7) is 7.16. The van der Waals surface area contributed by atoms with E-state index in [1.807, 2.05) is 0 Å². The molecule has 1 heteroatoms. The molecule has 0 radical (unpaired) electrons. The van der Waals surface area contributed by atoms with Gasteiger partial charge in [0, 0.05) is 0 Å².